The van der Waals surface area contributed by atoms with Crippen LogP contribution in [0.25, 0.3) is 0 Å². The first-order valence-electron chi connectivity index (χ1n) is 5.34. The molecule has 0 amide bonds. The fourth-order valence-electron chi connectivity index (χ4n) is 1.32. The summed E-state index contributed by atoms with van der Waals surface area (Å²) in [5.41, 5.74) is 7.76. The zero-order valence-corrected chi connectivity index (χ0v) is 10.0. The third-order valence-electron chi connectivity index (χ3n) is 2.31. The third kappa shape index (κ3) is 4.58. The number of aliphatic hydroxyl groups excluding tert-OH is 1. The molecule has 0 fully saturated rings. The lowest BCUT2D eigenvalue weighted by Crippen LogP contribution is -1.89. The van der Waals surface area contributed by atoms with Gasteiger partial charge in [-0.3, -0.25) is 0 Å². The van der Waals surface area contributed by atoms with Crippen LogP contribution in [-0.4, -0.2) is 17.5 Å². The molecule has 1 aromatic rings. The maximum absolute atomic E-state index is 8.63. The van der Waals surface area contributed by atoms with Gasteiger partial charge in [-0.1, -0.05) is 6.42 Å². The minimum atomic E-state index is 0.311. The molecule has 0 saturated carbocycles. The number of rotatable bonds is 6. The number of aliphatic hydroxyl groups is 1. The highest BCUT2D eigenvalue weighted by atomic mass is 32.2. The molecule has 0 aliphatic heterocycles. The Morgan fingerprint density at radius 3 is 2.73 bits per heavy atom. The molecular weight excluding hydrogens is 206 g/mol. The van der Waals surface area contributed by atoms with Gasteiger partial charge in [-0.05, 0) is 49.3 Å². The van der Waals surface area contributed by atoms with Gasteiger partial charge in [-0.2, -0.15) is 0 Å². The second kappa shape index (κ2) is 6.75. The highest BCUT2D eigenvalue weighted by Crippen LogP contribution is 2.23. The first-order chi connectivity index (χ1) is 7.24. The summed E-state index contributed by atoms with van der Waals surface area (Å²) in [6, 6.07) is 6.16. The average molecular weight is 225 g/mol. The van der Waals surface area contributed by atoms with Gasteiger partial charge in [0, 0.05) is 17.2 Å². The molecule has 0 aliphatic carbocycles. The molecule has 2 nitrogen and oxygen atoms in total. The Kier molecular flexibility index (Phi) is 5.58. The van der Waals surface area contributed by atoms with E-state index in [1.54, 1.807) is 0 Å². The average Bonchev–Trinajstić information content (AvgIpc) is 2.23. The Morgan fingerprint density at radius 1 is 1.27 bits per heavy atom. The maximum Gasteiger partial charge on any atom is 0.0431 e. The first-order valence-corrected chi connectivity index (χ1v) is 6.32. The second-order valence-electron chi connectivity index (χ2n) is 3.65. The lowest BCUT2D eigenvalue weighted by molar-refractivity contribution is 0.284. The predicted octanol–water partition coefficient (Wildman–Crippen LogP) is 2.83. The number of aryl methyl sites for hydroxylation is 1. The maximum atomic E-state index is 8.63. The van der Waals surface area contributed by atoms with Crippen LogP contribution in [0.2, 0.25) is 0 Å². The van der Waals surface area contributed by atoms with Crippen molar-refractivity contribution in [2.45, 2.75) is 31.1 Å². The van der Waals surface area contributed by atoms with E-state index in [9.17, 15) is 0 Å². The molecule has 0 radical (unpaired) electrons. The third-order valence-corrected chi connectivity index (χ3v) is 3.39. The Morgan fingerprint density at radius 2 is 2.07 bits per heavy atom. The summed E-state index contributed by atoms with van der Waals surface area (Å²) in [7, 11) is 0. The lowest BCUT2D eigenvalue weighted by atomic mass is 10.2. The van der Waals surface area contributed by atoms with Gasteiger partial charge in [0.25, 0.3) is 0 Å². The van der Waals surface area contributed by atoms with Crippen LogP contribution in [0.5, 0.6) is 0 Å². The summed E-state index contributed by atoms with van der Waals surface area (Å²) in [5.74, 6) is 1.11. The highest BCUT2D eigenvalue weighted by molar-refractivity contribution is 7.99. The molecule has 1 rings (SSSR count). The van der Waals surface area contributed by atoms with Gasteiger partial charge in [0.2, 0.25) is 0 Å². The standard InChI is InChI=1S/C12H19NOS/c1-10-9-11(5-6-12(10)13)15-8-4-2-3-7-14/h5-6,9,14H,2-4,7-8,13H2,1H3. The van der Waals surface area contributed by atoms with Crippen LogP contribution >= 0.6 is 11.8 Å². The van der Waals surface area contributed by atoms with Gasteiger partial charge in [0.05, 0.1) is 0 Å². The van der Waals surface area contributed by atoms with Crippen molar-refractivity contribution in [1.29, 1.82) is 0 Å². The van der Waals surface area contributed by atoms with Gasteiger partial charge in [-0.25, -0.2) is 0 Å². The smallest absolute Gasteiger partial charge is 0.0431 e. The van der Waals surface area contributed by atoms with Crippen molar-refractivity contribution in [3.63, 3.8) is 0 Å². The summed E-state index contributed by atoms with van der Waals surface area (Å²) >= 11 is 1.86. The fraction of sp³-hybridized carbons (Fsp3) is 0.500. The van der Waals surface area contributed by atoms with Crippen LogP contribution in [0, 0.1) is 6.92 Å². The lowest BCUT2D eigenvalue weighted by Gasteiger charge is -2.04. The molecule has 0 unspecified atom stereocenters. The van der Waals surface area contributed by atoms with E-state index in [4.69, 9.17) is 10.8 Å². The van der Waals surface area contributed by atoms with Crippen LogP contribution in [-0.2, 0) is 0 Å². The predicted molar refractivity (Wildman–Crippen MR) is 67.3 cm³/mol. The monoisotopic (exact) mass is 225 g/mol. The molecule has 0 atom stereocenters. The Bertz CT molecular complexity index is 302. The first kappa shape index (κ1) is 12.4. The molecule has 0 aliphatic rings. The molecule has 1 aromatic carbocycles. The number of nitrogens with two attached hydrogens (primary N) is 1. The second-order valence-corrected chi connectivity index (χ2v) is 4.82. The molecule has 0 spiro atoms. The van der Waals surface area contributed by atoms with Crippen LogP contribution in [0.3, 0.4) is 0 Å². The van der Waals surface area contributed by atoms with Crippen molar-refractivity contribution in [3.8, 4) is 0 Å². The van der Waals surface area contributed by atoms with Gasteiger partial charge >= 0.3 is 0 Å². The summed E-state index contributed by atoms with van der Waals surface area (Å²) < 4.78 is 0. The van der Waals surface area contributed by atoms with E-state index in [0.29, 0.717) is 6.61 Å². The molecule has 0 saturated heterocycles. The number of hydrogen-bond donors (Lipinski definition) is 2. The van der Waals surface area contributed by atoms with E-state index in [0.717, 1.165) is 36.3 Å². The number of hydrogen-bond acceptors (Lipinski definition) is 3. The highest BCUT2D eigenvalue weighted by Gasteiger charge is 1.97. The summed E-state index contributed by atoms with van der Waals surface area (Å²) in [6.07, 6.45) is 3.19. The molecule has 15 heavy (non-hydrogen) atoms. The molecule has 84 valence electrons. The molecule has 0 aromatic heterocycles. The van der Waals surface area contributed by atoms with Crippen molar-refractivity contribution >= 4 is 17.4 Å². The van der Waals surface area contributed by atoms with E-state index in [1.807, 2.05) is 24.8 Å². The Balaban J connectivity index is 2.28. The van der Waals surface area contributed by atoms with Crippen LogP contribution in [0.1, 0.15) is 24.8 Å². The van der Waals surface area contributed by atoms with Crippen molar-refractivity contribution in [2.24, 2.45) is 0 Å². The topological polar surface area (TPSA) is 46.2 Å². The van der Waals surface area contributed by atoms with E-state index >= 15 is 0 Å². The SMILES string of the molecule is Cc1cc(SCCCCCO)ccc1N. The van der Waals surface area contributed by atoms with Gasteiger partial charge < -0.3 is 10.8 Å². The molecule has 3 N–H and O–H groups in total. The number of anilines is 1. The molecule has 0 heterocycles. The Labute approximate surface area is 95.9 Å². The Hall–Kier alpha value is -0.670. The van der Waals surface area contributed by atoms with Crippen molar-refractivity contribution in [1.82, 2.24) is 0 Å². The summed E-state index contributed by atoms with van der Waals surface area (Å²) in [5, 5.41) is 8.63. The van der Waals surface area contributed by atoms with Crippen LogP contribution < -0.4 is 5.73 Å². The van der Waals surface area contributed by atoms with E-state index in [2.05, 4.69) is 12.1 Å². The van der Waals surface area contributed by atoms with Gasteiger partial charge in [0.1, 0.15) is 0 Å². The van der Waals surface area contributed by atoms with Gasteiger partial charge in [0.15, 0.2) is 0 Å². The summed E-state index contributed by atoms with van der Waals surface area (Å²) in [6.45, 7) is 2.34. The van der Waals surface area contributed by atoms with Gasteiger partial charge in [-0.15, -0.1) is 11.8 Å². The normalized spacial score (nSPS) is 10.5. The summed E-state index contributed by atoms with van der Waals surface area (Å²) in [4.78, 5) is 1.28. The van der Waals surface area contributed by atoms with Crippen molar-refractivity contribution in [3.05, 3.63) is 23.8 Å². The van der Waals surface area contributed by atoms with Crippen molar-refractivity contribution < 1.29 is 5.11 Å². The molecule has 0 bridgehead atoms. The number of unbranched alkanes of at least 4 members (excludes halogenated alkanes) is 2. The minimum Gasteiger partial charge on any atom is -0.399 e. The van der Waals surface area contributed by atoms with E-state index in [-0.39, 0.29) is 0 Å². The zero-order valence-electron chi connectivity index (χ0n) is 9.20. The minimum absolute atomic E-state index is 0.311. The van der Waals surface area contributed by atoms with Crippen LogP contribution in [0.4, 0.5) is 5.69 Å². The van der Waals surface area contributed by atoms with E-state index in [1.165, 1.54) is 4.90 Å². The quantitative estimate of drug-likeness (QED) is 0.444. The molecule has 3 heteroatoms. The number of nitrogen functional groups attached to an aromatic ring is 1. The largest absolute Gasteiger partial charge is 0.399 e. The van der Waals surface area contributed by atoms with Crippen LogP contribution in [0.15, 0.2) is 23.1 Å². The number of benzene rings is 1. The fourth-order valence-corrected chi connectivity index (χ4v) is 2.33. The van der Waals surface area contributed by atoms with Crippen molar-refractivity contribution in [2.75, 3.05) is 18.1 Å². The zero-order chi connectivity index (χ0) is 11.1. The van der Waals surface area contributed by atoms with E-state index < -0.39 is 0 Å². The molecular formula is C12H19NOS. The number of thioether (sulfide) groups is 1.